The van der Waals surface area contributed by atoms with Gasteiger partial charge in [0.1, 0.15) is 6.73 Å². The first-order chi connectivity index (χ1) is 10.3. The summed E-state index contributed by atoms with van der Waals surface area (Å²) in [5, 5.41) is 4.32. The van der Waals surface area contributed by atoms with Crippen LogP contribution in [0.4, 0.5) is 0 Å². The molecule has 0 spiro atoms. The van der Waals surface area contributed by atoms with E-state index in [-0.39, 0.29) is 12.4 Å². The molecule has 0 saturated carbocycles. The molecule has 22 heavy (non-hydrogen) atoms. The van der Waals surface area contributed by atoms with E-state index in [1.54, 1.807) is 11.6 Å². The Morgan fingerprint density at radius 1 is 1.23 bits per heavy atom. The molecule has 1 aromatic heterocycles. The van der Waals surface area contributed by atoms with Gasteiger partial charge in [-0.15, -0.1) is 5.10 Å². The highest BCUT2D eigenvalue weighted by Crippen LogP contribution is 2.19. The van der Waals surface area contributed by atoms with E-state index in [0.29, 0.717) is 12.4 Å². The molecule has 2 aromatic rings. The minimum absolute atomic E-state index is 0.161. The Morgan fingerprint density at radius 3 is 2.45 bits per heavy atom. The molecule has 120 valence electrons. The second kappa shape index (κ2) is 6.93. The Kier molecular flexibility index (Phi) is 5.41. The van der Waals surface area contributed by atoms with Gasteiger partial charge in [0.2, 0.25) is 0 Å². The van der Waals surface area contributed by atoms with Crippen LogP contribution in [-0.4, -0.2) is 29.0 Å². The summed E-state index contributed by atoms with van der Waals surface area (Å²) in [6, 6.07) is 8.82. The number of hydrogen-bond acceptors (Lipinski definition) is 3. The summed E-state index contributed by atoms with van der Waals surface area (Å²) in [7, 11) is 0.530. The van der Waals surface area contributed by atoms with Crippen molar-refractivity contribution in [1.82, 2.24) is 14.3 Å². The first-order valence-corrected chi connectivity index (χ1v) is 11.8. The third-order valence-electron chi connectivity index (χ3n) is 3.33. The standard InChI is InChI=1S/C15H22BrN3O2Si/c1-18-15(20)19(11-21-9-10-22(2,3)4)14(17-18)12-5-7-13(16)8-6-12/h5-8H,9-11H2,1-4H3. The van der Waals surface area contributed by atoms with Crippen LogP contribution in [-0.2, 0) is 18.5 Å². The Hall–Kier alpha value is -1.18. The normalized spacial score (nSPS) is 11.9. The summed E-state index contributed by atoms with van der Waals surface area (Å²) >= 11 is 3.41. The van der Waals surface area contributed by atoms with Crippen molar-refractivity contribution in [2.75, 3.05) is 6.61 Å². The van der Waals surface area contributed by atoms with Gasteiger partial charge in [-0.3, -0.25) is 4.57 Å². The molecule has 0 atom stereocenters. The van der Waals surface area contributed by atoms with E-state index < -0.39 is 8.07 Å². The Balaban J connectivity index is 2.17. The van der Waals surface area contributed by atoms with Gasteiger partial charge in [-0.1, -0.05) is 47.7 Å². The quantitative estimate of drug-likeness (QED) is 0.567. The molecule has 1 heterocycles. The molecule has 0 unspecified atom stereocenters. The van der Waals surface area contributed by atoms with Crippen molar-refractivity contribution < 1.29 is 4.74 Å². The summed E-state index contributed by atoms with van der Waals surface area (Å²) in [6.07, 6.45) is 0. The van der Waals surface area contributed by atoms with Gasteiger partial charge in [-0.2, -0.15) is 0 Å². The smallest absolute Gasteiger partial charge is 0.347 e. The van der Waals surface area contributed by atoms with E-state index in [0.717, 1.165) is 16.1 Å². The van der Waals surface area contributed by atoms with Crippen molar-refractivity contribution in [2.24, 2.45) is 7.05 Å². The summed E-state index contributed by atoms with van der Waals surface area (Å²) in [5.74, 6) is 0.632. The van der Waals surface area contributed by atoms with Crippen molar-refractivity contribution >= 4 is 24.0 Å². The van der Waals surface area contributed by atoms with Crippen LogP contribution >= 0.6 is 15.9 Å². The van der Waals surface area contributed by atoms with Crippen LogP contribution in [0.2, 0.25) is 25.7 Å². The molecule has 0 saturated heterocycles. The Morgan fingerprint density at radius 2 is 1.86 bits per heavy atom. The van der Waals surface area contributed by atoms with Gasteiger partial charge < -0.3 is 4.74 Å². The molecule has 2 rings (SSSR count). The number of rotatable bonds is 6. The Bertz CT molecular complexity index is 686. The summed E-state index contributed by atoms with van der Waals surface area (Å²) < 4.78 is 9.63. The average molecular weight is 384 g/mol. The summed E-state index contributed by atoms with van der Waals surface area (Å²) in [5.41, 5.74) is 0.737. The summed E-state index contributed by atoms with van der Waals surface area (Å²) in [6.45, 7) is 7.83. The van der Waals surface area contributed by atoms with Crippen LogP contribution in [0.3, 0.4) is 0 Å². The van der Waals surface area contributed by atoms with Crippen molar-refractivity contribution in [2.45, 2.75) is 32.4 Å². The molecule has 1 aromatic carbocycles. The molecule has 0 fully saturated rings. The number of nitrogens with zero attached hydrogens (tertiary/aromatic N) is 3. The van der Waals surface area contributed by atoms with Crippen LogP contribution in [0.1, 0.15) is 0 Å². The number of benzene rings is 1. The number of hydrogen-bond donors (Lipinski definition) is 0. The lowest BCUT2D eigenvalue weighted by Crippen LogP contribution is -2.26. The van der Waals surface area contributed by atoms with Crippen LogP contribution in [0.25, 0.3) is 11.4 Å². The van der Waals surface area contributed by atoms with E-state index in [1.807, 2.05) is 24.3 Å². The fraction of sp³-hybridized carbons (Fsp3) is 0.467. The van der Waals surface area contributed by atoms with E-state index in [1.165, 1.54) is 4.68 Å². The molecule has 0 aliphatic heterocycles. The lowest BCUT2D eigenvalue weighted by molar-refractivity contribution is 0.0856. The van der Waals surface area contributed by atoms with Gasteiger partial charge in [-0.25, -0.2) is 9.48 Å². The maximum atomic E-state index is 12.2. The highest BCUT2D eigenvalue weighted by atomic mass is 79.9. The fourth-order valence-corrected chi connectivity index (χ4v) is 2.99. The number of halogens is 1. The van der Waals surface area contributed by atoms with E-state index in [9.17, 15) is 4.79 Å². The fourth-order valence-electron chi connectivity index (χ4n) is 1.97. The van der Waals surface area contributed by atoms with Crippen LogP contribution in [0.15, 0.2) is 33.5 Å². The molecular formula is C15H22BrN3O2Si. The zero-order valence-electron chi connectivity index (χ0n) is 13.5. The van der Waals surface area contributed by atoms with Gasteiger partial charge in [-0.05, 0) is 18.2 Å². The minimum Gasteiger partial charge on any atom is -0.361 e. The monoisotopic (exact) mass is 383 g/mol. The molecular weight excluding hydrogens is 362 g/mol. The summed E-state index contributed by atoms with van der Waals surface area (Å²) in [4.78, 5) is 12.2. The minimum atomic E-state index is -1.13. The topological polar surface area (TPSA) is 49.0 Å². The maximum absolute atomic E-state index is 12.2. The van der Waals surface area contributed by atoms with Crippen molar-refractivity contribution in [3.8, 4) is 11.4 Å². The Labute approximate surface area is 140 Å². The zero-order valence-corrected chi connectivity index (χ0v) is 16.1. The molecule has 0 radical (unpaired) electrons. The number of aromatic nitrogens is 3. The molecule has 0 aliphatic rings. The van der Waals surface area contributed by atoms with Crippen molar-refractivity contribution in [1.29, 1.82) is 0 Å². The van der Waals surface area contributed by atoms with Gasteiger partial charge in [0.15, 0.2) is 5.82 Å². The molecule has 0 amide bonds. The number of aryl methyl sites for hydroxylation is 1. The maximum Gasteiger partial charge on any atom is 0.347 e. The van der Waals surface area contributed by atoms with Crippen LogP contribution in [0.5, 0.6) is 0 Å². The van der Waals surface area contributed by atoms with E-state index in [2.05, 4.69) is 40.7 Å². The second-order valence-electron chi connectivity index (χ2n) is 6.51. The lowest BCUT2D eigenvalue weighted by Gasteiger charge is -2.15. The lowest BCUT2D eigenvalue weighted by atomic mass is 10.2. The predicted molar refractivity (Wildman–Crippen MR) is 94.7 cm³/mol. The SMILES string of the molecule is Cn1nc(-c2ccc(Br)cc2)n(COCC[Si](C)(C)C)c1=O. The van der Waals surface area contributed by atoms with E-state index in [4.69, 9.17) is 4.74 Å². The third-order valence-corrected chi connectivity index (χ3v) is 5.56. The van der Waals surface area contributed by atoms with Gasteiger partial charge >= 0.3 is 5.69 Å². The van der Waals surface area contributed by atoms with Crippen molar-refractivity contribution in [3.63, 3.8) is 0 Å². The predicted octanol–water partition coefficient (Wildman–Crippen LogP) is 3.32. The van der Waals surface area contributed by atoms with Gasteiger partial charge in [0.25, 0.3) is 0 Å². The van der Waals surface area contributed by atoms with Crippen molar-refractivity contribution in [3.05, 3.63) is 39.2 Å². The average Bonchev–Trinajstić information content (AvgIpc) is 2.71. The highest BCUT2D eigenvalue weighted by Gasteiger charge is 2.15. The number of ether oxygens (including phenoxy) is 1. The van der Waals surface area contributed by atoms with Gasteiger partial charge in [0.05, 0.1) is 0 Å². The first-order valence-electron chi connectivity index (χ1n) is 7.25. The molecule has 5 nitrogen and oxygen atoms in total. The zero-order chi connectivity index (χ0) is 16.3. The van der Waals surface area contributed by atoms with Crippen LogP contribution < -0.4 is 5.69 Å². The van der Waals surface area contributed by atoms with Crippen LogP contribution in [0, 0.1) is 0 Å². The highest BCUT2D eigenvalue weighted by molar-refractivity contribution is 9.10. The van der Waals surface area contributed by atoms with Gasteiger partial charge in [0, 0.05) is 31.8 Å². The molecule has 0 aliphatic carbocycles. The first kappa shape index (κ1) is 17.2. The third kappa shape index (κ3) is 4.41. The molecule has 0 N–H and O–H groups in total. The second-order valence-corrected chi connectivity index (χ2v) is 13.0. The van der Waals surface area contributed by atoms with E-state index >= 15 is 0 Å². The largest absolute Gasteiger partial charge is 0.361 e. The molecule has 0 bridgehead atoms. The molecule has 7 heteroatoms.